The van der Waals surface area contributed by atoms with Crippen molar-refractivity contribution in [2.75, 3.05) is 11.9 Å². The molecule has 1 heterocycles. The molecule has 0 spiro atoms. The highest BCUT2D eigenvalue weighted by Crippen LogP contribution is 2.23. The molecule has 1 aromatic carbocycles. The molecule has 0 unspecified atom stereocenters. The smallest absolute Gasteiger partial charge is 0.328 e. The first-order chi connectivity index (χ1) is 10.1. The lowest BCUT2D eigenvalue weighted by molar-refractivity contribution is -0.131. The van der Waals surface area contributed by atoms with Crippen LogP contribution in [0.2, 0.25) is 0 Å². The van der Waals surface area contributed by atoms with E-state index in [1.165, 1.54) is 18.2 Å². The van der Waals surface area contributed by atoms with E-state index in [0.717, 1.165) is 17.3 Å². The van der Waals surface area contributed by atoms with Crippen LogP contribution in [0.3, 0.4) is 0 Å². The van der Waals surface area contributed by atoms with Gasteiger partial charge in [0.2, 0.25) is 0 Å². The monoisotopic (exact) mass is 286 g/mol. The van der Waals surface area contributed by atoms with Gasteiger partial charge in [-0.25, -0.2) is 9.18 Å². The van der Waals surface area contributed by atoms with E-state index in [2.05, 4.69) is 4.98 Å². The Morgan fingerprint density at radius 1 is 1.33 bits per heavy atom. The van der Waals surface area contributed by atoms with Gasteiger partial charge >= 0.3 is 5.97 Å². The number of hydrogen-bond donors (Lipinski definition) is 1. The largest absolute Gasteiger partial charge is 0.478 e. The Bertz CT molecular complexity index is 657. The lowest BCUT2D eigenvalue weighted by Gasteiger charge is -2.21. The summed E-state index contributed by atoms with van der Waals surface area (Å²) in [6.07, 6.45) is 5.81. The zero-order valence-corrected chi connectivity index (χ0v) is 11.5. The van der Waals surface area contributed by atoms with E-state index in [1.54, 1.807) is 18.5 Å². The van der Waals surface area contributed by atoms with Crippen LogP contribution in [-0.2, 0) is 11.3 Å². The molecule has 1 aromatic heterocycles. The second-order valence-corrected chi connectivity index (χ2v) is 4.59. The molecule has 0 atom stereocenters. The number of carbonyl (C=O) groups is 1. The number of aliphatic carboxylic acids is 1. The van der Waals surface area contributed by atoms with E-state index in [0.29, 0.717) is 12.1 Å². The first-order valence-electron chi connectivity index (χ1n) is 6.37. The van der Waals surface area contributed by atoms with Gasteiger partial charge in [-0.2, -0.15) is 0 Å². The number of carboxylic acid groups (broad SMARTS) is 1. The Labute approximate surface area is 122 Å². The van der Waals surface area contributed by atoms with Crippen molar-refractivity contribution in [2.24, 2.45) is 0 Å². The minimum absolute atomic E-state index is 0.402. The number of halogens is 1. The second-order valence-electron chi connectivity index (χ2n) is 4.59. The molecule has 0 aliphatic heterocycles. The van der Waals surface area contributed by atoms with E-state index < -0.39 is 11.8 Å². The maximum atomic E-state index is 13.4. The van der Waals surface area contributed by atoms with Crippen LogP contribution in [0.1, 0.15) is 11.1 Å². The van der Waals surface area contributed by atoms with Crippen LogP contribution in [0.5, 0.6) is 0 Å². The fourth-order valence-corrected chi connectivity index (χ4v) is 2.01. The lowest BCUT2D eigenvalue weighted by Crippen LogP contribution is -2.17. The summed E-state index contributed by atoms with van der Waals surface area (Å²) in [4.78, 5) is 16.5. The molecule has 1 N–H and O–H groups in total. The van der Waals surface area contributed by atoms with E-state index >= 15 is 0 Å². The maximum Gasteiger partial charge on any atom is 0.328 e. The Hall–Kier alpha value is -2.69. The van der Waals surface area contributed by atoms with Gasteiger partial charge in [-0.3, -0.25) is 4.98 Å². The number of carboxylic acids is 1. The minimum atomic E-state index is -1.07. The van der Waals surface area contributed by atoms with Crippen LogP contribution in [0.25, 0.3) is 6.08 Å². The first-order valence-corrected chi connectivity index (χ1v) is 6.37. The summed E-state index contributed by atoms with van der Waals surface area (Å²) in [6, 6.07) is 8.10. The van der Waals surface area contributed by atoms with Gasteiger partial charge in [0.25, 0.3) is 0 Å². The number of rotatable bonds is 5. The highest BCUT2D eigenvalue weighted by molar-refractivity contribution is 5.87. The molecular weight excluding hydrogens is 271 g/mol. The van der Waals surface area contributed by atoms with Crippen LogP contribution in [0, 0.1) is 5.82 Å². The van der Waals surface area contributed by atoms with Gasteiger partial charge in [-0.1, -0.05) is 0 Å². The average molecular weight is 286 g/mol. The van der Waals surface area contributed by atoms with Crippen molar-refractivity contribution >= 4 is 17.7 Å². The first kappa shape index (κ1) is 14.7. The van der Waals surface area contributed by atoms with Crippen LogP contribution in [-0.4, -0.2) is 23.1 Å². The fourth-order valence-electron chi connectivity index (χ4n) is 2.01. The molecule has 0 amide bonds. The van der Waals surface area contributed by atoms with Crippen molar-refractivity contribution in [1.82, 2.24) is 4.98 Å². The SMILES string of the molecule is CN(Cc1ccncc1)c1ccc(F)cc1/C=C/C(=O)O. The van der Waals surface area contributed by atoms with Gasteiger partial charge in [-0.05, 0) is 42.0 Å². The summed E-state index contributed by atoms with van der Waals surface area (Å²) < 4.78 is 13.4. The number of hydrogen-bond acceptors (Lipinski definition) is 3. The number of anilines is 1. The van der Waals surface area contributed by atoms with E-state index in [1.807, 2.05) is 24.1 Å². The van der Waals surface area contributed by atoms with Crippen molar-refractivity contribution < 1.29 is 14.3 Å². The molecule has 108 valence electrons. The summed E-state index contributed by atoms with van der Waals surface area (Å²) in [7, 11) is 1.87. The normalized spacial score (nSPS) is 10.8. The van der Waals surface area contributed by atoms with Gasteiger partial charge in [-0.15, -0.1) is 0 Å². The lowest BCUT2D eigenvalue weighted by atomic mass is 10.1. The Balaban J connectivity index is 2.27. The quantitative estimate of drug-likeness (QED) is 0.859. The summed E-state index contributed by atoms with van der Waals surface area (Å²) in [5.41, 5.74) is 2.34. The van der Waals surface area contributed by atoms with Crippen LogP contribution in [0.4, 0.5) is 10.1 Å². The number of nitrogens with zero attached hydrogens (tertiary/aromatic N) is 2. The fraction of sp³-hybridized carbons (Fsp3) is 0.125. The van der Waals surface area contributed by atoms with Crippen molar-refractivity contribution in [2.45, 2.75) is 6.54 Å². The molecule has 21 heavy (non-hydrogen) atoms. The minimum Gasteiger partial charge on any atom is -0.478 e. The van der Waals surface area contributed by atoms with Gasteiger partial charge < -0.3 is 10.0 Å². The molecule has 0 fully saturated rings. The van der Waals surface area contributed by atoms with Crippen molar-refractivity contribution in [3.05, 3.63) is 65.7 Å². The highest BCUT2D eigenvalue weighted by Gasteiger charge is 2.08. The van der Waals surface area contributed by atoms with Gasteiger partial charge in [0, 0.05) is 43.3 Å². The number of benzene rings is 1. The summed E-state index contributed by atoms with van der Waals surface area (Å²) in [6.45, 7) is 0.613. The van der Waals surface area contributed by atoms with Crippen molar-refractivity contribution in [3.63, 3.8) is 0 Å². The topological polar surface area (TPSA) is 53.4 Å². The molecule has 4 nitrogen and oxygen atoms in total. The Morgan fingerprint density at radius 3 is 2.71 bits per heavy atom. The van der Waals surface area contributed by atoms with E-state index in [-0.39, 0.29) is 0 Å². The summed E-state index contributed by atoms with van der Waals surface area (Å²) >= 11 is 0. The predicted octanol–water partition coefficient (Wildman–Crippen LogP) is 2.95. The molecule has 5 heteroatoms. The summed E-state index contributed by atoms with van der Waals surface area (Å²) in [5.74, 6) is -1.47. The molecule has 0 bridgehead atoms. The molecule has 0 saturated heterocycles. The second kappa shape index (κ2) is 6.65. The van der Waals surface area contributed by atoms with Gasteiger partial charge in [0.05, 0.1) is 0 Å². The number of pyridine rings is 1. The Morgan fingerprint density at radius 2 is 2.05 bits per heavy atom. The standard InChI is InChI=1S/C16H15FN2O2/c1-19(11-12-6-8-18-9-7-12)15-4-3-14(17)10-13(15)2-5-16(20)21/h2-10H,11H2,1H3,(H,20,21)/b5-2+. The molecule has 2 rings (SSSR count). The highest BCUT2D eigenvalue weighted by atomic mass is 19.1. The maximum absolute atomic E-state index is 13.4. The van der Waals surface area contributed by atoms with Crippen molar-refractivity contribution in [1.29, 1.82) is 0 Å². The molecule has 0 aliphatic carbocycles. The molecule has 2 aromatic rings. The zero-order chi connectivity index (χ0) is 15.2. The van der Waals surface area contributed by atoms with Gasteiger partial charge in [0.1, 0.15) is 5.82 Å². The predicted molar refractivity (Wildman–Crippen MR) is 79.4 cm³/mol. The van der Waals surface area contributed by atoms with E-state index in [9.17, 15) is 9.18 Å². The van der Waals surface area contributed by atoms with Gasteiger partial charge in [0.15, 0.2) is 0 Å². The van der Waals surface area contributed by atoms with Crippen LogP contribution >= 0.6 is 0 Å². The number of aromatic nitrogens is 1. The van der Waals surface area contributed by atoms with Crippen molar-refractivity contribution in [3.8, 4) is 0 Å². The van der Waals surface area contributed by atoms with E-state index in [4.69, 9.17) is 5.11 Å². The average Bonchev–Trinajstić information content (AvgIpc) is 2.46. The molecule has 0 radical (unpaired) electrons. The molecule has 0 aliphatic rings. The third-order valence-corrected chi connectivity index (χ3v) is 2.98. The van der Waals surface area contributed by atoms with Crippen LogP contribution < -0.4 is 4.90 Å². The molecule has 0 saturated carbocycles. The molecular formula is C16H15FN2O2. The Kier molecular flexibility index (Phi) is 4.66. The zero-order valence-electron chi connectivity index (χ0n) is 11.5. The van der Waals surface area contributed by atoms with Crippen LogP contribution in [0.15, 0.2) is 48.8 Å². The summed E-state index contributed by atoms with van der Waals surface area (Å²) in [5, 5.41) is 8.71. The third kappa shape index (κ3) is 4.14. The third-order valence-electron chi connectivity index (χ3n) is 2.98.